The van der Waals surface area contributed by atoms with Gasteiger partial charge in [-0.15, -0.1) is 0 Å². The molecule has 42 heavy (non-hydrogen) atoms. The van der Waals surface area contributed by atoms with E-state index in [1.165, 1.54) is 20.3 Å². The average Bonchev–Trinajstić information content (AvgIpc) is 3.52. The number of nitrogens with one attached hydrogen (secondary N) is 1. The highest BCUT2D eigenvalue weighted by Crippen LogP contribution is 2.47. The first-order valence-corrected chi connectivity index (χ1v) is 13.8. The Morgan fingerprint density at radius 1 is 1.02 bits per heavy atom. The van der Waals surface area contributed by atoms with Crippen LogP contribution in [-0.2, 0) is 9.53 Å². The van der Waals surface area contributed by atoms with Crippen molar-refractivity contribution in [2.75, 3.05) is 50.7 Å². The van der Waals surface area contributed by atoms with Crippen LogP contribution < -0.4 is 19.7 Å². The summed E-state index contributed by atoms with van der Waals surface area (Å²) < 4.78 is 18.3. The summed E-state index contributed by atoms with van der Waals surface area (Å²) in [5.41, 5.74) is 4.69. The highest BCUT2D eigenvalue weighted by atomic mass is 35.5. The predicted octanol–water partition coefficient (Wildman–Crippen LogP) is 5.90. The first-order valence-electron chi connectivity index (χ1n) is 13.1. The van der Waals surface area contributed by atoms with Crippen LogP contribution in [0.1, 0.15) is 0 Å². The quantitative estimate of drug-likeness (QED) is 0.229. The van der Waals surface area contributed by atoms with Crippen molar-refractivity contribution in [1.82, 2.24) is 19.4 Å². The number of carbonyl (C=O) groups excluding carboxylic acids is 1. The van der Waals surface area contributed by atoms with E-state index in [-0.39, 0.29) is 5.91 Å². The molecule has 4 heterocycles. The second-order valence-electron chi connectivity index (χ2n) is 9.50. The third kappa shape index (κ3) is 4.98. The Kier molecular flexibility index (Phi) is 7.59. The van der Waals surface area contributed by atoms with Gasteiger partial charge in [0.15, 0.2) is 5.82 Å². The molecule has 214 valence electrons. The van der Waals surface area contributed by atoms with Crippen molar-refractivity contribution >= 4 is 57.2 Å². The fourth-order valence-electron chi connectivity index (χ4n) is 5.03. The summed E-state index contributed by atoms with van der Waals surface area (Å²) in [5.74, 6) is 1.01. The number of rotatable bonds is 7. The molecule has 6 rings (SSSR count). The van der Waals surface area contributed by atoms with E-state index in [9.17, 15) is 4.79 Å². The van der Waals surface area contributed by atoms with E-state index in [0.717, 1.165) is 29.7 Å². The van der Waals surface area contributed by atoms with E-state index in [0.29, 0.717) is 68.7 Å². The number of imidazole rings is 1. The number of carbonyl (C=O) groups is 1. The summed E-state index contributed by atoms with van der Waals surface area (Å²) in [6.45, 7) is 6.28. The molecule has 1 aliphatic rings. The number of fused-ring (bicyclic) bond motifs is 3. The molecule has 1 N–H and O–H groups in total. The summed E-state index contributed by atoms with van der Waals surface area (Å²) in [5, 5.41) is 4.27. The number of hydrogen-bond acceptors (Lipinski definition) is 8. The van der Waals surface area contributed by atoms with Crippen molar-refractivity contribution in [3.63, 3.8) is 0 Å². The topological polar surface area (TPSA) is 103 Å². The largest absolute Gasteiger partial charge is 0.495 e. The van der Waals surface area contributed by atoms with Gasteiger partial charge in [-0.2, -0.15) is 0 Å². The standard InChI is InChI=1S/C30H26Cl2N6O4/c1-4-24(39)35-19-11-17(12-20(14-19)37-7-9-42-10-8-37)28-34-16-18-13-21(30-33-5-6-38(30)29(18)36-28)25-26(31)22(40-2)15-23(41-3)27(25)32/h4-6,11-16H,1,7-10H2,2-3H3,(H,35,39). The van der Waals surface area contributed by atoms with Crippen molar-refractivity contribution in [3.8, 4) is 34.0 Å². The van der Waals surface area contributed by atoms with Crippen LogP contribution in [0.3, 0.4) is 0 Å². The SMILES string of the molecule is C=CC(=O)Nc1cc(-c2ncc3cc(-c4c(Cl)c(OC)cc(OC)c4Cl)c4nccn4c3n2)cc(N2CCOCC2)c1. The molecule has 5 aromatic rings. The zero-order valence-corrected chi connectivity index (χ0v) is 24.4. The van der Waals surface area contributed by atoms with Crippen LogP contribution in [0.2, 0.25) is 10.0 Å². The van der Waals surface area contributed by atoms with Gasteiger partial charge in [0.2, 0.25) is 5.91 Å². The molecule has 1 fully saturated rings. The van der Waals surface area contributed by atoms with Gasteiger partial charge in [-0.25, -0.2) is 15.0 Å². The van der Waals surface area contributed by atoms with Crippen molar-refractivity contribution < 1.29 is 19.0 Å². The van der Waals surface area contributed by atoms with Crippen molar-refractivity contribution in [2.24, 2.45) is 0 Å². The van der Waals surface area contributed by atoms with Crippen LogP contribution in [0.4, 0.5) is 11.4 Å². The van der Waals surface area contributed by atoms with E-state index in [1.807, 2.05) is 34.9 Å². The highest BCUT2D eigenvalue weighted by molar-refractivity contribution is 6.41. The van der Waals surface area contributed by atoms with Crippen LogP contribution in [0.15, 0.2) is 61.6 Å². The number of aromatic nitrogens is 4. The molecule has 0 unspecified atom stereocenters. The van der Waals surface area contributed by atoms with Crippen LogP contribution in [-0.4, -0.2) is 65.8 Å². The molecule has 0 aliphatic carbocycles. The van der Waals surface area contributed by atoms with Crippen LogP contribution in [0.25, 0.3) is 39.2 Å². The first kappa shape index (κ1) is 27.8. The Bertz CT molecular complexity index is 1820. The van der Waals surface area contributed by atoms with Gasteiger partial charge in [0, 0.05) is 71.2 Å². The third-order valence-corrected chi connectivity index (χ3v) is 7.80. The second-order valence-corrected chi connectivity index (χ2v) is 10.3. The summed E-state index contributed by atoms with van der Waals surface area (Å²) in [6, 6.07) is 9.32. The first-order chi connectivity index (χ1) is 20.4. The molecule has 10 nitrogen and oxygen atoms in total. The summed E-state index contributed by atoms with van der Waals surface area (Å²) >= 11 is 13.5. The number of halogens is 2. The molecule has 0 radical (unpaired) electrons. The molecule has 1 aliphatic heterocycles. The molecule has 2 aromatic carbocycles. The third-order valence-electron chi connectivity index (χ3n) is 7.05. The van der Waals surface area contributed by atoms with E-state index in [4.69, 9.17) is 47.4 Å². The molecule has 12 heteroatoms. The highest BCUT2D eigenvalue weighted by Gasteiger charge is 2.23. The van der Waals surface area contributed by atoms with E-state index < -0.39 is 0 Å². The van der Waals surface area contributed by atoms with Crippen molar-refractivity contribution in [1.29, 1.82) is 0 Å². The van der Waals surface area contributed by atoms with E-state index >= 15 is 0 Å². The number of morpholine rings is 1. The number of methoxy groups -OCH3 is 2. The molecule has 0 spiro atoms. The smallest absolute Gasteiger partial charge is 0.247 e. The average molecular weight is 605 g/mol. The molecular weight excluding hydrogens is 579 g/mol. The van der Waals surface area contributed by atoms with Gasteiger partial charge >= 0.3 is 0 Å². The summed E-state index contributed by atoms with van der Waals surface area (Å²) in [7, 11) is 3.06. The lowest BCUT2D eigenvalue weighted by molar-refractivity contribution is -0.111. The Balaban J connectivity index is 1.52. The molecule has 3 aromatic heterocycles. The van der Waals surface area contributed by atoms with Crippen LogP contribution in [0.5, 0.6) is 11.5 Å². The number of benzene rings is 2. The van der Waals surface area contributed by atoms with Gasteiger partial charge in [0.1, 0.15) is 22.8 Å². The van der Waals surface area contributed by atoms with Gasteiger partial charge in [-0.1, -0.05) is 29.8 Å². The second kappa shape index (κ2) is 11.5. The molecular formula is C30H26Cl2N6O4. The van der Waals surface area contributed by atoms with E-state index in [2.05, 4.69) is 21.8 Å². The maximum atomic E-state index is 12.1. The molecule has 1 saturated heterocycles. The maximum absolute atomic E-state index is 12.1. The van der Waals surface area contributed by atoms with Crippen LogP contribution >= 0.6 is 23.2 Å². The zero-order chi connectivity index (χ0) is 29.4. The fraction of sp³-hybridized carbons (Fsp3) is 0.200. The summed E-state index contributed by atoms with van der Waals surface area (Å²) in [4.78, 5) is 28.6. The maximum Gasteiger partial charge on any atom is 0.247 e. The van der Waals surface area contributed by atoms with E-state index in [1.54, 1.807) is 18.5 Å². The lowest BCUT2D eigenvalue weighted by atomic mass is 10.0. The van der Waals surface area contributed by atoms with Gasteiger partial charge in [-0.05, 0) is 30.3 Å². The Morgan fingerprint density at radius 2 is 1.76 bits per heavy atom. The fourth-order valence-corrected chi connectivity index (χ4v) is 5.73. The zero-order valence-electron chi connectivity index (χ0n) is 22.9. The number of anilines is 2. The number of hydrogen-bond donors (Lipinski definition) is 1. The minimum atomic E-state index is -0.307. The predicted molar refractivity (Wildman–Crippen MR) is 164 cm³/mol. The van der Waals surface area contributed by atoms with Crippen molar-refractivity contribution in [3.05, 3.63) is 71.6 Å². The van der Waals surface area contributed by atoms with Gasteiger partial charge in [-0.3, -0.25) is 9.20 Å². The number of amides is 1. The molecule has 0 atom stereocenters. The Hall–Kier alpha value is -4.38. The minimum absolute atomic E-state index is 0.307. The number of nitrogens with zero attached hydrogens (tertiary/aromatic N) is 5. The molecule has 1 amide bonds. The number of ether oxygens (including phenoxy) is 3. The normalized spacial score (nSPS) is 13.4. The van der Waals surface area contributed by atoms with Crippen molar-refractivity contribution in [2.45, 2.75) is 0 Å². The monoisotopic (exact) mass is 604 g/mol. The molecule has 0 bridgehead atoms. The van der Waals surface area contributed by atoms with Gasteiger partial charge < -0.3 is 24.4 Å². The Labute approximate surface area is 251 Å². The minimum Gasteiger partial charge on any atom is -0.495 e. The summed E-state index contributed by atoms with van der Waals surface area (Å²) in [6.07, 6.45) is 6.47. The Morgan fingerprint density at radius 3 is 2.45 bits per heavy atom. The molecule has 0 saturated carbocycles. The lowest BCUT2D eigenvalue weighted by Crippen LogP contribution is -2.36. The number of pyridine rings is 1. The van der Waals surface area contributed by atoms with Gasteiger partial charge in [0.25, 0.3) is 0 Å². The van der Waals surface area contributed by atoms with Gasteiger partial charge in [0.05, 0.1) is 37.5 Å². The van der Waals surface area contributed by atoms with Crippen LogP contribution in [0, 0.1) is 0 Å². The lowest BCUT2D eigenvalue weighted by Gasteiger charge is -2.29.